The van der Waals surface area contributed by atoms with Crippen molar-refractivity contribution in [1.82, 2.24) is 5.32 Å². The van der Waals surface area contributed by atoms with Crippen LogP contribution in [0.3, 0.4) is 0 Å². The first-order valence-electron chi connectivity index (χ1n) is 5.10. The largest absolute Gasteiger partial charge is 0.480 e. The van der Waals surface area contributed by atoms with Crippen LogP contribution >= 0.6 is 0 Å². The summed E-state index contributed by atoms with van der Waals surface area (Å²) in [6.45, 7) is -0.180. The number of nitrogens with zero attached hydrogens (tertiary/aromatic N) is 1. The van der Waals surface area contributed by atoms with Gasteiger partial charge < -0.3 is 10.0 Å². The first kappa shape index (κ1) is 11.5. The van der Waals surface area contributed by atoms with E-state index in [9.17, 15) is 14.0 Å². The molecule has 1 amide bonds. The van der Waals surface area contributed by atoms with Crippen molar-refractivity contribution in [1.29, 1.82) is 0 Å². The van der Waals surface area contributed by atoms with Gasteiger partial charge in [0.1, 0.15) is 11.9 Å². The number of anilines is 1. The summed E-state index contributed by atoms with van der Waals surface area (Å²) in [6, 6.07) is 4.94. The Balaban J connectivity index is 2.27. The molecule has 1 aromatic rings. The second-order valence-electron chi connectivity index (χ2n) is 3.73. The highest BCUT2D eigenvalue weighted by molar-refractivity contribution is 5.97. The molecule has 1 atom stereocenters. The molecule has 1 aromatic carbocycles. The van der Waals surface area contributed by atoms with Gasteiger partial charge in [-0.25, -0.2) is 4.39 Å². The second-order valence-corrected chi connectivity index (χ2v) is 3.73. The lowest BCUT2D eigenvalue weighted by atomic mass is 10.1. The van der Waals surface area contributed by atoms with Crippen molar-refractivity contribution < 1.29 is 19.1 Å². The molecule has 2 N–H and O–H groups in total. The van der Waals surface area contributed by atoms with Crippen LogP contribution in [0.25, 0.3) is 0 Å². The summed E-state index contributed by atoms with van der Waals surface area (Å²) in [7, 11) is 0. The molecule has 0 spiro atoms. The SMILES string of the molecule is O=C(O)C1CN(c2ccccc2F)C(=O)CN1. The zero-order valence-corrected chi connectivity index (χ0v) is 8.89. The van der Waals surface area contributed by atoms with Crippen molar-refractivity contribution in [3.8, 4) is 0 Å². The maximum atomic E-state index is 13.5. The summed E-state index contributed by atoms with van der Waals surface area (Å²) < 4.78 is 13.5. The van der Waals surface area contributed by atoms with E-state index in [1.54, 1.807) is 6.07 Å². The molecule has 0 saturated carbocycles. The summed E-state index contributed by atoms with van der Waals surface area (Å²) in [5.41, 5.74) is 0.116. The maximum Gasteiger partial charge on any atom is 0.322 e. The van der Waals surface area contributed by atoms with E-state index in [2.05, 4.69) is 5.32 Å². The average molecular weight is 238 g/mol. The standard InChI is InChI=1S/C11H11FN2O3/c12-7-3-1-2-4-9(7)14-6-8(11(16)17)13-5-10(14)15/h1-4,8,13H,5-6H2,(H,16,17). The van der Waals surface area contributed by atoms with Gasteiger partial charge in [-0.2, -0.15) is 0 Å². The van der Waals surface area contributed by atoms with Gasteiger partial charge in [-0.1, -0.05) is 12.1 Å². The van der Waals surface area contributed by atoms with Crippen molar-refractivity contribution in [2.45, 2.75) is 6.04 Å². The Kier molecular flexibility index (Phi) is 3.06. The molecule has 0 aromatic heterocycles. The Labute approximate surface area is 96.8 Å². The molecule has 1 saturated heterocycles. The molecule has 1 unspecified atom stereocenters. The van der Waals surface area contributed by atoms with E-state index in [4.69, 9.17) is 5.11 Å². The summed E-state index contributed by atoms with van der Waals surface area (Å²) in [5.74, 6) is -1.93. The fourth-order valence-electron chi connectivity index (χ4n) is 1.72. The van der Waals surface area contributed by atoms with E-state index in [1.165, 1.54) is 18.2 Å². The molecule has 0 radical (unpaired) electrons. The number of hydrogen-bond donors (Lipinski definition) is 2. The van der Waals surface area contributed by atoms with Crippen LogP contribution in [-0.2, 0) is 9.59 Å². The summed E-state index contributed by atoms with van der Waals surface area (Å²) in [4.78, 5) is 23.6. The number of carbonyl (C=O) groups excluding carboxylic acids is 1. The van der Waals surface area contributed by atoms with Crippen LogP contribution in [0.2, 0.25) is 0 Å². The molecule has 1 aliphatic rings. The molecule has 17 heavy (non-hydrogen) atoms. The van der Waals surface area contributed by atoms with E-state index < -0.39 is 17.8 Å². The fourth-order valence-corrected chi connectivity index (χ4v) is 1.72. The number of halogens is 1. The Morgan fingerprint density at radius 3 is 2.82 bits per heavy atom. The zero-order chi connectivity index (χ0) is 12.4. The molecule has 6 heteroatoms. The van der Waals surface area contributed by atoms with E-state index in [1.807, 2.05) is 0 Å². The van der Waals surface area contributed by atoms with Gasteiger partial charge in [-0.3, -0.25) is 14.9 Å². The van der Waals surface area contributed by atoms with Gasteiger partial charge >= 0.3 is 5.97 Å². The van der Waals surface area contributed by atoms with Crippen LogP contribution in [0.15, 0.2) is 24.3 Å². The second kappa shape index (κ2) is 4.50. The maximum absolute atomic E-state index is 13.5. The lowest BCUT2D eigenvalue weighted by molar-refractivity contribution is -0.139. The Bertz CT molecular complexity index is 464. The number of nitrogens with one attached hydrogen (secondary N) is 1. The number of piperazine rings is 1. The van der Waals surface area contributed by atoms with Gasteiger partial charge in [-0.05, 0) is 12.1 Å². The van der Waals surface area contributed by atoms with Crippen LogP contribution in [0, 0.1) is 5.82 Å². The molecule has 1 heterocycles. The van der Waals surface area contributed by atoms with Crippen molar-refractivity contribution >= 4 is 17.6 Å². The average Bonchev–Trinajstić information content (AvgIpc) is 2.30. The van der Waals surface area contributed by atoms with E-state index in [0.29, 0.717) is 0 Å². The highest BCUT2D eigenvalue weighted by Gasteiger charge is 2.31. The lowest BCUT2D eigenvalue weighted by Crippen LogP contribution is -2.57. The minimum absolute atomic E-state index is 0.0743. The van der Waals surface area contributed by atoms with Gasteiger partial charge in [0, 0.05) is 0 Å². The van der Waals surface area contributed by atoms with Gasteiger partial charge in [0.25, 0.3) is 0 Å². The van der Waals surface area contributed by atoms with Gasteiger partial charge in [0.2, 0.25) is 5.91 Å². The monoisotopic (exact) mass is 238 g/mol. The molecule has 0 aliphatic carbocycles. The third-order valence-corrected chi connectivity index (χ3v) is 2.61. The van der Waals surface area contributed by atoms with Crippen LogP contribution in [0.1, 0.15) is 0 Å². The molecular formula is C11H11FN2O3. The Morgan fingerprint density at radius 1 is 1.47 bits per heavy atom. The quantitative estimate of drug-likeness (QED) is 0.773. The molecule has 0 bridgehead atoms. The Morgan fingerprint density at radius 2 is 2.18 bits per heavy atom. The minimum Gasteiger partial charge on any atom is -0.480 e. The van der Waals surface area contributed by atoms with Gasteiger partial charge in [-0.15, -0.1) is 0 Å². The highest BCUT2D eigenvalue weighted by Crippen LogP contribution is 2.20. The predicted molar refractivity (Wildman–Crippen MR) is 58.2 cm³/mol. The first-order valence-corrected chi connectivity index (χ1v) is 5.10. The number of benzene rings is 1. The number of carboxylic acid groups (broad SMARTS) is 1. The smallest absolute Gasteiger partial charge is 0.322 e. The number of aliphatic carboxylic acids is 1. The normalized spacial score (nSPS) is 20.4. The third kappa shape index (κ3) is 2.26. The van der Waals surface area contributed by atoms with Gasteiger partial charge in [0.15, 0.2) is 0 Å². The number of amides is 1. The van der Waals surface area contributed by atoms with Crippen LogP contribution < -0.4 is 10.2 Å². The number of hydrogen-bond acceptors (Lipinski definition) is 3. The van der Waals surface area contributed by atoms with Gasteiger partial charge in [0.05, 0.1) is 18.8 Å². The Hall–Kier alpha value is -1.95. The van der Waals surface area contributed by atoms with E-state index in [-0.39, 0.29) is 24.7 Å². The highest BCUT2D eigenvalue weighted by atomic mass is 19.1. The molecule has 1 aliphatic heterocycles. The van der Waals surface area contributed by atoms with E-state index in [0.717, 1.165) is 4.90 Å². The topological polar surface area (TPSA) is 69.6 Å². The van der Waals surface area contributed by atoms with Crippen LogP contribution in [-0.4, -0.2) is 36.1 Å². The third-order valence-electron chi connectivity index (χ3n) is 2.61. The summed E-state index contributed by atoms with van der Waals surface area (Å²) in [6.07, 6.45) is 0. The number of carboxylic acids is 1. The molecule has 90 valence electrons. The molecular weight excluding hydrogens is 227 g/mol. The molecule has 1 fully saturated rings. The minimum atomic E-state index is -1.06. The molecule has 5 nitrogen and oxygen atoms in total. The van der Waals surface area contributed by atoms with Crippen LogP contribution in [0.5, 0.6) is 0 Å². The van der Waals surface area contributed by atoms with Crippen LogP contribution in [0.4, 0.5) is 10.1 Å². The number of carbonyl (C=O) groups is 2. The van der Waals surface area contributed by atoms with Crippen molar-refractivity contribution in [2.24, 2.45) is 0 Å². The predicted octanol–water partition coefficient (Wildman–Crippen LogP) is 0.215. The summed E-state index contributed by atoms with van der Waals surface area (Å²) in [5, 5.41) is 11.4. The number of rotatable bonds is 2. The van der Waals surface area contributed by atoms with Crippen molar-refractivity contribution in [3.63, 3.8) is 0 Å². The first-order chi connectivity index (χ1) is 8.09. The zero-order valence-electron chi connectivity index (χ0n) is 8.89. The molecule has 2 rings (SSSR count). The number of para-hydroxylation sites is 1. The lowest BCUT2D eigenvalue weighted by Gasteiger charge is -2.31. The summed E-state index contributed by atoms with van der Waals surface area (Å²) >= 11 is 0. The van der Waals surface area contributed by atoms with Crippen molar-refractivity contribution in [3.05, 3.63) is 30.1 Å². The van der Waals surface area contributed by atoms with Crippen molar-refractivity contribution in [2.75, 3.05) is 18.0 Å². The fraction of sp³-hybridized carbons (Fsp3) is 0.273. The van der Waals surface area contributed by atoms with E-state index >= 15 is 0 Å².